The number of nitrogens with two attached hydrogens (primary N) is 1. The molecule has 3 heterocycles. The van der Waals surface area contributed by atoms with Crippen molar-refractivity contribution in [2.75, 3.05) is 13.1 Å². The SMILES string of the molecule is C[C@H](CC(=O)N1CCC(O)(Cn2cnc3c(-c4ccc(CN)c(C(F)(F)F)c4)n(C)nc3c2=O)CC1)c1ccccc1. The van der Waals surface area contributed by atoms with Crippen LogP contribution in [-0.4, -0.2) is 53.9 Å². The molecular weight excluding hydrogens is 549 g/mol. The van der Waals surface area contributed by atoms with Gasteiger partial charge < -0.3 is 15.7 Å². The van der Waals surface area contributed by atoms with Crippen molar-refractivity contribution in [1.82, 2.24) is 24.2 Å². The number of hydrogen-bond acceptors (Lipinski definition) is 6. The molecule has 1 aliphatic rings. The largest absolute Gasteiger partial charge is 0.416 e. The number of fused-ring (bicyclic) bond motifs is 1. The average molecular weight is 583 g/mol. The predicted molar refractivity (Wildman–Crippen MR) is 151 cm³/mol. The molecule has 1 amide bonds. The summed E-state index contributed by atoms with van der Waals surface area (Å²) < 4.78 is 43.5. The molecule has 1 fully saturated rings. The van der Waals surface area contributed by atoms with Gasteiger partial charge >= 0.3 is 6.18 Å². The lowest BCUT2D eigenvalue weighted by Crippen LogP contribution is -2.49. The molecule has 0 aliphatic carbocycles. The first kappa shape index (κ1) is 29.5. The third-order valence-corrected chi connectivity index (χ3v) is 8.08. The first-order valence-electron chi connectivity index (χ1n) is 13.8. The van der Waals surface area contributed by atoms with Crippen LogP contribution in [0.3, 0.4) is 0 Å². The van der Waals surface area contributed by atoms with E-state index >= 15 is 0 Å². The number of aryl methyl sites for hydroxylation is 1. The van der Waals surface area contributed by atoms with Crippen LogP contribution in [0.15, 0.2) is 59.7 Å². The molecule has 5 rings (SSSR count). The fourth-order valence-electron chi connectivity index (χ4n) is 5.63. The van der Waals surface area contributed by atoms with Crippen LogP contribution in [0.4, 0.5) is 13.2 Å². The molecule has 0 unspecified atom stereocenters. The summed E-state index contributed by atoms with van der Waals surface area (Å²) in [6, 6.07) is 13.6. The second-order valence-electron chi connectivity index (χ2n) is 11.0. The number of amides is 1. The maximum Gasteiger partial charge on any atom is 0.416 e. The molecule has 1 aliphatic heterocycles. The minimum atomic E-state index is -4.60. The summed E-state index contributed by atoms with van der Waals surface area (Å²) >= 11 is 0. The number of rotatable bonds is 7. The lowest BCUT2D eigenvalue weighted by Gasteiger charge is -2.38. The summed E-state index contributed by atoms with van der Waals surface area (Å²) in [5.41, 5.74) is 4.56. The van der Waals surface area contributed by atoms with E-state index in [0.29, 0.717) is 19.5 Å². The number of piperidine rings is 1. The van der Waals surface area contributed by atoms with E-state index in [9.17, 15) is 27.9 Å². The number of benzene rings is 2. The van der Waals surface area contributed by atoms with Crippen molar-refractivity contribution in [3.8, 4) is 11.3 Å². The second-order valence-corrected chi connectivity index (χ2v) is 11.0. The number of carbonyl (C=O) groups excluding carboxylic acids is 1. The highest BCUT2D eigenvalue weighted by molar-refractivity contribution is 5.89. The van der Waals surface area contributed by atoms with Crippen LogP contribution in [0.2, 0.25) is 0 Å². The van der Waals surface area contributed by atoms with E-state index in [1.807, 2.05) is 37.3 Å². The number of alkyl halides is 3. The van der Waals surface area contributed by atoms with Crippen LogP contribution in [0.5, 0.6) is 0 Å². The Kier molecular flexibility index (Phi) is 7.95. The first-order valence-corrected chi connectivity index (χ1v) is 13.8. The van der Waals surface area contributed by atoms with Gasteiger partial charge in [-0.05, 0) is 36.0 Å². The molecule has 1 atom stereocenters. The van der Waals surface area contributed by atoms with Crippen molar-refractivity contribution in [1.29, 1.82) is 0 Å². The number of aliphatic hydroxyl groups is 1. The predicted octanol–water partition coefficient (Wildman–Crippen LogP) is 3.82. The molecule has 9 nitrogen and oxygen atoms in total. The van der Waals surface area contributed by atoms with E-state index < -0.39 is 22.9 Å². The molecular formula is C30H33F3N6O3. The van der Waals surface area contributed by atoms with Crippen molar-refractivity contribution in [3.05, 3.63) is 81.9 Å². The highest BCUT2D eigenvalue weighted by Gasteiger charge is 2.36. The monoisotopic (exact) mass is 582 g/mol. The third-order valence-electron chi connectivity index (χ3n) is 8.08. The number of likely N-dealkylation sites (tertiary alicyclic amines) is 1. The standard InChI is InChI=1S/C30H33F3N6O3/c1-19(20-6-4-3-5-7-20)14-24(40)38-12-10-29(42,11-13-38)17-39-18-35-25-26(28(39)41)36-37(2)27(25)21-8-9-22(16-34)23(15-21)30(31,32)33/h3-9,15,18-19,42H,10-14,16-17,34H2,1-2H3/t19-/m1/s1. The lowest BCUT2D eigenvalue weighted by molar-refractivity contribution is -0.138. The molecule has 2 aromatic carbocycles. The summed E-state index contributed by atoms with van der Waals surface area (Å²) in [5.74, 6) is 0.0839. The second kappa shape index (κ2) is 11.3. The van der Waals surface area contributed by atoms with Gasteiger partial charge in [0.1, 0.15) is 5.52 Å². The topological polar surface area (TPSA) is 119 Å². The van der Waals surface area contributed by atoms with E-state index in [1.165, 1.54) is 34.8 Å². The summed E-state index contributed by atoms with van der Waals surface area (Å²) in [6.07, 6.45) is -2.39. The van der Waals surface area contributed by atoms with Crippen LogP contribution in [0, 0.1) is 0 Å². The van der Waals surface area contributed by atoms with Gasteiger partial charge in [-0.2, -0.15) is 18.3 Å². The average Bonchev–Trinajstić information content (AvgIpc) is 3.31. The Morgan fingerprint density at radius 3 is 2.45 bits per heavy atom. The lowest BCUT2D eigenvalue weighted by atomic mass is 9.90. The van der Waals surface area contributed by atoms with Crippen LogP contribution < -0.4 is 11.3 Å². The molecule has 0 saturated carbocycles. The number of halogens is 3. The third kappa shape index (κ3) is 5.82. The molecule has 0 radical (unpaired) electrons. The van der Waals surface area contributed by atoms with Gasteiger partial charge in [0.2, 0.25) is 5.91 Å². The highest BCUT2D eigenvalue weighted by Crippen LogP contribution is 2.36. The maximum absolute atomic E-state index is 13.6. The van der Waals surface area contributed by atoms with Gasteiger partial charge in [0, 0.05) is 38.7 Å². The highest BCUT2D eigenvalue weighted by atomic mass is 19.4. The van der Waals surface area contributed by atoms with Gasteiger partial charge in [0.15, 0.2) is 5.52 Å². The van der Waals surface area contributed by atoms with Gasteiger partial charge in [0.25, 0.3) is 5.56 Å². The Bertz CT molecular complexity index is 1660. The zero-order valence-electron chi connectivity index (χ0n) is 23.4. The number of aromatic nitrogens is 4. The van der Waals surface area contributed by atoms with E-state index in [0.717, 1.165) is 11.6 Å². The van der Waals surface area contributed by atoms with Gasteiger partial charge in [-0.15, -0.1) is 0 Å². The molecule has 0 bridgehead atoms. The molecule has 12 heteroatoms. The van der Waals surface area contributed by atoms with E-state index in [2.05, 4.69) is 10.1 Å². The van der Waals surface area contributed by atoms with Gasteiger partial charge in [-0.25, -0.2) is 4.98 Å². The minimum absolute atomic E-state index is 0.0161. The van der Waals surface area contributed by atoms with Gasteiger partial charge in [-0.1, -0.05) is 49.4 Å². The van der Waals surface area contributed by atoms with Crippen LogP contribution in [-0.2, 0) is 31.1 Å². The number of nitrogens with zero attached hydrogens (tertiary/aromatic N) is 5. The fraction of sp³-hybridized carbons (Fsp3) is 0.400. The Morgan fingerprint density at radius 1 is 1.12 bits per heavy atom. The molecule has 42 heavy (non-hydrogen) atoms. The van der Waals surface area contributed by atoms with E-state index in [-0.39, 0.29) is 65.6 Å². The maximum atomic E-state index is 13.6. The number of hydrogen-bond donors (Lipinski definition) is 2. The Labute approximate surface area is 240 Å². The Balaban J connectivity index is 1.32. The molecule has 2 aromatic heterocycles. The van der Waals surface area contributed by atoms with Gasteiger partial charge in [0.05, 0.1) is 29.7 Å². The zero-order valence-corrected chi connectivity index (χ0v) is 23.4. The normalized spacial score (nSPS) is 16.1. The summed E-state index contributed by atoms with van der Waals surface area (Å²) in [6.45, 7) is 2.40. The van der Waals surface area contributed by atoms with Crippen LogP contribution in [0.1, 0.15) is 48.8 Å². The van der Waals surface area contributed by atoms with Crippen molar-refractivity contribution in [2.45, 2.75) is 57.0 Å². The fourth-order valence-corrected chi connectivity index (χ4v) is 5.63. The Morgan fingerprint density at radius 2 is 1.81 bits per heavy atom. The van der Waals surface area contributed by atoms with E-state index in [4.69, 9.17) is 5.73 Å². The number of carbonyl (C=O) groups is 1. The molecule has 3 N–H and O–H groups in total. The first-order chi connectivity index (χ1) is 19.9. The molecule has 4 aromatic rings. The summed E-state index contributed by atoms with van der Waals surface area (Å²) in [4.78, 5) is 32.4. The molecule has 0 spiro atoms. The van der Waals surface area contributed by atoms with Crippen LogP contribution >= 0.6 is 0 Å². The molecule has 222 valence electrons. The van der Waals surface area contributed by atoms with Crippen molar-refractivity contribution >= 4 is 16.9 Å². The summed E-state index contributed by atoms with van der Waals surface area (Å²) in [7, 11) is 1.53. The van der Waals surface area contributed by atoms with Crippen molar-refractivity contribution in [3.63, 3.8) is 0 Å². The minimum Gasteiger partial charge on any atom is -0.388 e. The smallest absolute Gasteiger partial charge is 0.388 e. The van der Waals surface area contributed by atoms with Gasteiger partial charge in [-0.3, -0.25) is 18.8 Å². The van der Waals surface area contributed by atoms with Crippen molar-refractivity contribution < 1.29 is 23.1 Å². The zero-order chi connectivity index (χ0) is 30.2. The van der Waals surface area contributed by atoms with Crippen molar-refractivity contribution in [2.24, 2.45) is 12.8 Å². The molecule has 1 saturated heterocycles. The van der Waals surface area contributed by atoms with E-state index in [1.54, 1.807) is 4.90 Å². The summed E-state index contributed by atoms with van der Waals surface area (Å²) in [5, 5.41) is 15.6. The Hall–Kier alpha value is -4.03. The quantitative estimate of drug-likeness (QED) is 0.342. The van der Waals surface area contributed by atoms with Crippen LogP contribution in [0.25, 0.3) is 22.3 Å².